The van der Waals surface area contributed by atoms with Gasteiger partial charge < -0.3 is 55.0 Å². The number of alkyl halides is 4. The lowest BCUT2D eigenvalue weighted by molar-refractivity contribution is -0.187. The van der Waals surface area contributed by atoms with Crippen molar-refractivity contribution in [3.8, 4) is 0 Å². The van der Waals surface area contributed by atoms with Gasteiger partial charge in [0.15, 0.2) is 5.78 Å². The second-order valence-electron chi connectivity index (χ2n) is 25.4. The number of rotatable bonds is 25. The number of epoxide rings is 1. The Hall–Kier alpha value is -6.47. The third-order valence-electron chi connectivity index (χ3n) is 17.3. The lowest BCUT2D eigenvalue weighted by Gasteiger charge is -2.41. The number of nitrogens with two attached hydrogens (primary N) is 1. The number of hydrogen-bond acceptors (Lipinski definition) is 15. The number of methoxy groups -OCH3 is 1. The maximum Gasteiger partial charge on any atom is 0.417 e. The van der Waals surface area contributed by atoms with Crippen LogP contribution < -0.4 is 21.3 Å². The Morgan fingerprint density at radius 3 is 2.35 bits per heavy atom. The van der Waals surface area contributed by atoms with E-state index in [1.54, 1.807) is 66.7 Å². The molecule has 91 heavy (non-hydrogen) atoms. The number of nitrogens with one attached hydrogen (secondary N) is 2. The number of Topliss-reactive ketones (excluding diaryl/α,β-unsaturated/α-hetero) is 2. The summed E-state index contributed by atoms with van der Waals surface area (Å²) in [5.41, 5.74) is 1.66. The van der Waals surface area contributed by atoms with Gasteiger partial charge in [-0.05, 0) is 121 Å². The molecule has 3 aliphatic rings. The SMILES string of the molecule is C=C(CBr)C(=O)OC(C)(C)CCCCC(=O)C[C@H](C(=O)N[C@@H](CCCNC(N)=O)C(=O)Cc1ccc(C(=O)N(C)[C@@H](C)C(=O)O[C@H]2CC(=O)N(C)c3cc(cc(C)c3Cl)C/C(C)=C/C=C/[C@@H](OC)[C@]3(O)CC(=O)O[C@@H](C3)[C@@H](C)[C@@H]3O[C@@]23C)c(C(F)(F)F)c1)C(C)C. The van der Waals surface area contributed by atoms with Crippen LogP contribution in [0.15, 0.2) is 66.3 Å². The van der Waals surface area contributed by atoms with E-state index in [2.05, 4.69) is 33.1 Å². The lowest BCUT2D eigenvalue weighted by atomic mass is 9.78. The van der Waals surface area contributed by atoms with E-state index in [0.29, 0.717) is 43.0 Å². The summed E-state index contributed by atoms with van der Waals surface area (Å²) in [5, 5.41) is 17.7. The summed E-state index contributed by atoms with van der Waals surface area (Å²) in [6.07, 6.45) is -4.05. The standard InChI is InChI=1S/C66H88BrClF3N5O15/c1-36(2)46(31-44(77)19-14-15-24-63(8,9)91-60(83)39(5)35-67)58(81)74-48(20-17-25-73-62(72)85)50(78)30-42-22-23-45(47(28-42)66(69,70)71)59(82)75(11)41(7)61(84)89-53-32-54(79)76(12)49-29-43(27-38(4)56(49)68)26-37(3)18-16-21-52(87-13)65(86)33-51(88-55(80)34-65)40(6)57-64(53,10)90-57/h16,18,21-23,27-29,36,40-41,46,48,51-53,57,86H,5,14-15,17,19-20,24-26,30-35H2,1-4,6-13H3,(H,74,81)(H3,72,73,85)/b21-16+,37-18+/t40-,41+,46+,48+,51+,52-,53+,57+,64+,65-/m1/s1. The molecule has 0 aromatic heterocycles. The molecule has 4 bridgehead atoms. The van der Waals surface area contributed by atoms with Gasteiger partial charge in [0.2, 0.25) is 11.8 Å². The van der Waals surface area contributed by atoms with Crippen LogP contribution in [0.1, 0.15) is 152 Å². The number of aliphatic hydroxyl groups is 1. The summed E-state index contributed by atoms with van der Waals surface area (Å²) in [4.78, 5) is 124. The summed E-state index contributed by atoms with van der Waals surface area (Å²) in [6.45, 7) is 18.8. The second kappa shape index (κ2) is 31.9. The van der Waals surface area contributed by atoms with Crippen molar-refractivity contribution in [1.29, 1.82) is 0 Å². The Labute approximate surface area is 544 Å². The van der Waals surface area contributed by atoms with Gasteiger partial charge in [-0.1, -0.05) is 90.8 Å². The zero-order valence-electron chi connectivity index (χ0n) is 53.9. The van der Waals surface area contributed by atoms with Gasteiger partial charge in [0.1, 0.15) is 46.9 Å². The highest BCUT2D eigenvalue weighted by Crippen LogP contribution is 2.50. The number of anilines is 1. The number of amides is 5. The minimum absolute atomic E-state index is 0.0127. The van der Waals surface area contributed by atoms with Crippen molar-refractivity contribution in [1.82, 2.24) is 15.5 Å². The van der Waals surface area contributed by atoms with E-state index in [1.165, 1.54) is 26.0 Å². The summed E-state index contributed by atoms with van der Waals surface area (Å²) in [7, 11) is 4.00. The third-order valence-corrected chi connectivity index (χ3v) is 18.4. The highest BCUT2D eigenvalue weighted by atomic mass is 79.9. The van der Waals surface area contributed by atoms with Crippen LogP contribution in [0.3, 0.4) is 0 Å². The summed E-state index contributed by atoms with van der Waals surface area (Å²) < 4.78 is 75.0. The molecule has 3 aliphatic heterocycles. The summed E-state index contributed by atoms with van der Waals surface area (Å²) >= 11 is 10.0. The van der Waals surface area contributed by atoms with Crippen LogP contribution in [0.5, 0.6) is 0 Å². The van der Waals surface area contributed by atoms with Crippen molar-refractivity contribution in [2.75, 3.05) is 38.0 Å². The van der Waals surface area contributed by atoms with Crippen LogP contribution in [0.4, 0.5) is 23.7 Å². The Morgan fingerprint density at radius 1 is 1.04 bits per heavy atom. The third kappa shape index (κ3) is 20.3. The molecule has 2 aromatic rings. The number of ketones is 2. The van der Waals surface area contributed by atoms with Gasteiger partial charge in [-0.2, -0.15) is 13.2 Å². The van der Waals surface area contributed by atoms with Crippen molar-refractivity contribution in [2.45, 2.75) is 199 Å². The van der Waals surface area contributed by atoms with Crippen LogP contribution in [0, 0.1) is 24.7 Å². The number of benzene rings is 2. The molecule has 10 atom stereocenters. The molecular weight excluding hydrogens is 1280 g/mol. The zero-order valence-corrected chi connectivity index (χ0v) is 56.3. The second-order valence-corrected chi connectivity index (χ2v) is 26.4. The number of primary amides is 1. The lowest BCUT2D eigenvalue weighted by Crippen LogP contribution is -2.53. The molecule has 2 fully saturated rings. The van der Waals surface area contributed by atoms with Gasteiger partial charge in [-0.3, -0.25) is 28.8 Å². The van der Waals surface area contributed by atoms with Gasteiger partial charge in [-0.15, -0.1) is 0 Å². The molecule has 5 rings (SSSR count). The number of urea groups is 1. The molecule has 2 saturated heterocycles. The number of halogens is 5. The Balaban J connectivity index is 1.37. The number of aryl methyl sites for hydroxylation is 1. The van der Waals surface area contributed by atoms with Gasteiger partial charge >= 0.3 is 30.1 Å². The average Bonchev–Trinajstić information content (AvgIpc) is 1.58. The minimum atomic E-state index is -5.19. The Kier molecular flexibility index (Phi) is 26.4. The van der Waals surface area contributed by atoms with Gasteiger partial charge in [0, 0.05) is 76.2 Å². The van der Waals surface area contributed by atoms with E-state index in [1.807, 2.05) is 19.1 Å². The number of carbonyl (C=O) groups excluding carboxylic acids is 9. The highest BCUT2D eigenvalue weighted by Gasteiger charge is 2.64. The van der Waals surface area contributed by atoms with E-state index >= 15 is 13.2 Å². The number of allylic oxidation sites excluding steroid dienone is 3. The molecule has 0 saturated carbocycles. The topological polar surface area (TPSA) is 280 Å². The van der Waals surface area contributed by atoms with E-state index in [0.717, 1.165) is 35.2 Å². The maximum absolute atomic E-state index is 15.2. The van der Waals surface area contributed by atoms with Crippen LogP contribution in [0.2, 0.25) is 5.02 Å². The molecule has 0 unspecified atom stereocenters. The molecular formula is C66H88BrClF3N5O15. The molecule has 2 aromatic carbocycles. The van der Waals surface area contributed by atoms with Crippen molar-refractivity contribution in [3.05, 3.63) is 99.1 Å². The first-order valence-electron chi connectivity index (χ1n) is 30.4. The maximum atomic E-state index is 15.2. The van der Waals surface area contributed by atoms with Crippen LogP contribution in [-0.2, 0) is 76.3 Å². The summed E-state index contributed by atoms with van der Waals surface area (Å²) in [6, 6.07) is 2.52. The fourth-order valence-electron chi connectivity index (χ4n) is 11.5. The molecule has 502 valence electrons. The number of fused-ring (bicyclic) bond motifs is 5. The fraction of sp³-hybridized carbons (Fsp3) is 0.591. The molecule has 20 nitrogen and oxygen atoms in total. The van der Waals surface area contributed by atoms with Crippen molar-refractivity contribution in [2.24, 2.45) is 23.5 Å². The van der Waals surface area contributed by atoms with Gasteiger partial charge in [0.25, 0.3) is 5.91 Å². The van der Waals surface area contributed by atoms with Crippen molar-refractivity contribution >= 4 is 86.4 Å². The first kappa shape index (κ1) is 75.3. The number of likely N-dealkylation sites (N-methyl/N-ethyl adjacent to an activating group) is 1. The number of carbonyl (C=O) groups is 9. The number of unbranched alkanes of at least 4 members (excludes halogenated alkanes) is 1. The van der Waals surface area contributed by atoms with E-state index < -0.39 is 149 Å². The van der Waals surface area contributed by atoms with Gasteiger partial charge in [-0.25, -0.2) is 14.4 Å². The Morgan fingerprint density at radius 2 is 1.73 bits per heavy atom. The minimum Gasteiger partial charge on any atom is -0.462 e. The molecule has 3 heterocycles. The molecule has 5 amide bonds. The monoisotopic (exact) mass is 1360 g/mol. The Bertz CT molecular complexity index is 3140. The van der Waals surface area contributed by atoms with E-state index in [4.69, 9.17) is 41.0 Å². The number of ether oxygens (including phenoxy) is 5. The van der Waals surface area contributed by atoms with Crippen LogP contribution in [0.25, 0.3) is 0 Å². The zero-order chi connectivity index (χ0) is 68.2. The number of hydrogen-bond donors (Lipinski definition) is 4. The average molecular weight is 1360 g/mol. The first-order valence-corrected chi connectivity index (χ1v) is 31.9. The normalized spacial score (nSPS) is 24.1. The summed E-state index contributed by atoms with van der Waals surface area (Å²) in [5.74, 6) is -7.81. The molecule has 25 heteroatoms. The predicted octanol–water partition coefficient (Wildman–Crippen LogP) is 9.51. The van der Waals surface area contributed by atoms with Crippen LogP contribution in [-0.4, -0.2) is 150 Å². The van der Waals surface area contributed by atoms with Crippen molar-refractivity contribution in [3.63, 3.8) is 0 Å². The first-order chi connectivity index (χ1) is 42.4. The van der Waals surface area contributed by atoms with E-state index in [9.17, 15) is 48.3 Å². The fourth-order valence-corrected chi connectivity index (χ4v) is 12.0. The van der Waals surface area contributed by atoms with Crippen LogP contribution >= 0.6 is 27.5 Å². The number of nitrogens with zero attached hydrogens (tertiary/aromatic N) is 2. The smallest absolute Gasteiger partial charge is 0.417 e. The van der Waals surface area contributed by atoms with Gasteiger partial charge in [0.05, 0.1) is 46.8 Å². The quantitative estimate of drug-likeness (QED) is 0.0180. The number of esters is 3. The molecule has 0 spiro atoms. The molecule has 5 N–H and O–H groups in total. The van der Waals surface area contributed by atoms with E-state index in [-0.39, 0.29) is 72.3 Å². The predicted molar refractivity (Wildman–Crippen MR) is 338 cm³/mol. The molecule has 0 radical (unpaired) electrons. The molecule has 0 aliphatic carbocycles. The largest absolute Gasteiger partial charge is 0.462 e. The highest BCUT2D eigenvalue weighted by molar-refractivity contribution is 9.09. The van der Waals surface area contributed by atoms with Crippen molar-refractivity contribution < 1.29 is 85.1 Å².